The summed E-state index contributed by atoms with van der Waals surface area (Å²) in [5.74, 6) is -0.847. The van der Waals surface area contributed by atoms with Crippen LogP contribution in [0.25, 0.3) is 5.69 Å². The van der Waals surface area contributed by atoms with Gasteiger partial charge in [-0.05, 0) is 45.0 Å². The molecule has 3 aromatic rings. The van der Waals surface area contributed by atoms with Gasteiger partial charge in [0.2, 0.25) is 0 Å². The van der Waals surface area contributed by atoms with Crippen molar-refractivity contribution in [3.05, 3.63) is 71.8 Å². The average molecular weight is 395 g/mol. The minimum atomic E-state index is -0.434. The summed E-state index contributed by atoms with van der Waals surface area (Å²) >= 11 is 0. The molecule has 0 saturated carbocycles. The van der Waals surface area contributed by atoms with E-state index in [1.165, 1.54) is 16.9 Å². The second-order valence-electron chi connectivity index (χ2n) is 6.76. The minimum Gasteiger partial charge on any atom is -0.336 e. The summed E-state index contributed by atoms with van der Waals surface area (Å²) in [6, 6.07) is 12.7. The summed E-state index contributed by atoms with van der Waals surface area (Å²) in [5, 5.41) is 12.4. The fraction of sp³-hybridized carbons (Fsp3) is 0.190. The van der Waals surface area contributed by atoms with E-state index in [2.05, 4.69) is 21.0 Å². The molecule has 0 bridgehead atoms. The molecule has 3 amide bonds. The Kier molecular flexibility index (Phi) is 5.92. The molecule has 0 aliphatic carbocycles. The van der Waals surface area contributed by atoms with Gasteiger partial charge in [-0.25, -0.2) is 13.9 Å². The second-order valence-corrected chi connectivity index (χ2v) is 6.76. The first-order chi connectivity index (χ1) is 13.9. The molecule has 0 radical (unpaired) electrons. The highest BCUT2D eigenvalue weighted by Crippen LogP contribution is 2.23. The third-order valence-electron chi connectivity index (χ3n) is 4.18. The number of nitrogens with one attached hydrogen (secondary N) is 3. The fourth-order valence-electron chi connectivity index (χ4n) is 2.81. The molecule has 1 heterocycles. The molecule has 29 heavy (non-hydrogen) atoms. The summed E-state index contributed by atoms with van der Waals surface area (Å²) in [5.41, 5.74) is 1.95. The van der Waals surface area contributed by atoms with Crippen molar-refractivity contribution in [3.63, 3.8) is 0 Å². The highest BCUT2D eigenvalue weighted by Gasteiger charge is 2.18. The smallest absolute Gasteiger partial charge is 0.319 e. The third-order valence-corrected chi connectivity index (χ3v) is 4.18. The lowest BCUT2D eigenvalue weighted by Crippen LogP contribution is -2.34. The number of para-hydroxylation sites is 3. The molecule has 0 fully saturated rings. The number of hydrogen-bond acceptors (Lipinski definition) is 3. The number of aromatic nitrogens is 2. The SMILES string of the molecule is Cc1c(C(=O)Nc2ccccc2NC(=O)NC(C)C)cnn1-c1ccccc1F. The topological polar surface area (TPSA) is 88.1 Å². The molecule has 0 saturated heterocycles. The van der Waals surface area contributed by atoms with E-state index >= 15 is 0 Å². The van der Waals surface area contributed by atoms with Crippen molar-refractivity contribution in [1.82, 2.24) is 15.1 Å². The molecule has 8 heteroatoms. The fourth-order valence-corrected chi connectivity index (χ4v) is 2.81. The maximum absolute atomic E-state index is 14.1. The van der Waals surface area contributed by atoms with Gasteiger partial charge in [-0.3, -0.25) is 4.79 Å². The summed E-state index contributed by atoms with van der Waals surface area (Å²) in [7, 11) is 0. The predicted octanol–water partition coefficient (Wildman–Crippen LogP) is 4.10. The van der Waals surface area contributed by atoms with Gasteiger partial charge in [0.1, 0.15) is 11.5 Å². The highest BCUT2D eigenvalue weighted by molar-refractivity contribution is 6.07. The van der Waals surface area contributed by atoms with Crippen LogP contribution >= 0.6 is 0 Å². The van der Waals surface area contributed by atoms with E-state index in [0.717, 1.165) is 0 Å². The number of urea groups is 1. The highest BCUT2D eigenvalue weighted by atomic mass is 19.1. The molecule has 150 valence electrons. The minimum absolute atomic E-state index is 0.0244. The molecular formula is C21H22FN5O2. The molecule has 0 aliphatic heterocycles. The van der Waals surface area contributed by atoms with Gasteiger partial charge >= 0.3 is 6.03 Å². The third kappa shape index (κ3) is 4.60. The number of carbonyl (C=O) groups is 2. The van der Waals surface area contributed by atoms with Gasteiger partial charge < -0.3 is 16.0 Å². The Balaban J connectivity index is 1.82. The van der Waals surface area contributed by atoms with Gasteiger partial charge in [-0.15, -0.1) is 0 Å². The maximum atomic E-state index is 14.1. The molecule has 3 N–H and O–H groups in total. The molecule has 3 rings (SSSR count). The van der Waals surface area contributed by atoms with Gasteiger partial charge in [0.05, 0.1) is 28.8 Å². The van der Waals surface area contributed by atoms with Crippen molar-refractivity contribution in [2.24, 2.45) is 0 Å². The van der Waals surface area contributed by atoms with E-state index in [9.17, 15) is 14.0 Å². The molecule has 0 atom stereocenters. The maximum Gasteiger partial charge on any atom is 0.319 e. The Morgan fingerprint density at radius 2 is 1.62 bits per heavy atom. The summed E-state index contributed by atoms with van der Waals surface area (Å²) in [6.07, 6.45) is 1.39. The zero-order valence-electron chi connectivity index (χ0n) is 16.4. The Morgan fingerprint density at radius 1 is 1.00 bits per heavy atom. The molecule has 2 aromatic carbocycles. The van der Waals surface area contributed by atoms with Crippen LogP contribution in [0.1, 0.15) is 29.9 Å². The van der Waals surface area contributed by atoms with Crippen LogP contribution in [0.3, 0.4) is 0 Å². The van der Waals surface area contributed by atoms with E-state index in [4.69, 9.17) is 0 Å². The number of rotatable bonds is 5. The van der Waals surface area contributed by atoms with Crippen LogP contribution in [0.2, 0.25) is 0 Å². The van der Waals surface area contributed by atoms with Gasteiger partial charge in [0, 0.05) is 6.04 Å². The molecule has 0 aliphatic rings. The molecule has 1 aromatic heterocycles. The first kappa shape index (κ1) is 20.1. The Hall–Kier alpha value is -3.68. The lowest BCUT2D eigenvalue weighted by Gasteiger charge is -2.14. The van der Waals surface area contributed by atoms with Crippen molar-refractivity contribution in [2.45, 2.75) is 26.8 Å². The summed E-state index contributed by atoms with van der Waals surface area (Å²) < 4.78 is 15.4. The zero-order valence-corrected chi connectivity index (χ0v) is 16.4. The van der Waals surface area contributed by atoms with E-state index in [1.807, 2.05) is 13.8 Å². The van der Waals surface area contributed by atoms with Crippen molar-refractivity contribution >= 4 is 23.3 Å². The first-order valence-electron chi connectivity index (χ1n) is 9.14. The number of carbonyl (C=O) groups excluding carboxylic acids is 2. The van der Waals surface area contributed by atoms with Crippen LogP contribution in [0, 0.1) is 12.7 Å². The van der Waals surface area contributed by atoms with Crippen LogP contribution in [-0.2, 0) is 0 Å². The lowest BCUT2D eigenvalue weighted by molar-refractivity contribution is 0.102. The number of nitrogens with zero attached hydrogens (tertiary/aromatic N) is 2. The normalized spacial score (nSPS) is 10.7. The van der Waals surface area contributed by atoms with Crippen LogP contribution in [0.4, 0.5) is 20.6 Å². The molecule has 0 spiro atoms. The van der Waals surface area contributed by atoms with Gasteiger partial charge in [-0.1, -0.05) is 24.3 Å². The Bertz CT molecular complexity index is 1050. The van der Waals surface area contributed by atoms with Gasteiger partial charge in [0.25, 0.3) is 5.91 Å². The number of halogens is 1. The van der Waals surface area contributed by atoms with Gasteiger partial charge in [-0.2, -0.15) is 5.10 Å². The predicted molar refractivity (Wildman–Crippen MR) is 110 cm³/mol. The number of anilines is 2. The van der Waals surface area contributed by atoms with Crippen LogP contribution in [0.5, 0.6) is 0 Å². The molecule has 7 nitrogen and oxygen atoms in total. The van der Waals surface area contributed by atoms with Gasteiger partial charge in [0.15, 0.2) is 0 Å². The largest absolute Gasteiger partial charge is 0.336 e. The molecule has 0 unspecified atom stereocenters. The van der Waals surface area contributed by atoms with Crippen LogP contribution in [0.15, 0.2) is 54.7 Å². The van der Waals surface area contributed by atoms with E-state index in [0.29, 0.717) is 22.6 Å². The first-order valence-corrected chi connectivity index (χ1v) is 9.14. The standard InChI is InChI=1S/C21H22FN5O2/c1-13(2)24-21(29)26-18-10-6-5-9-17(18)25-20(28)15-12-23-27(14(15)3)19-11-7-4-8-16(19)22/h4-13H,1-3H3,(H,25,28)(H2,24,26,29). The Morgan fingerprint density at radius 3 is 2.28 bits per heavy atom. The van der Waals surface area contributed by atoms with Crippen molar-refractivity contribution in [2.75, 3.05) is 10.6 Å². The van der Waals surface area contributed by atoms with Crippen molar-refractivity contribution in [3.8, 4) is 5.69 Å². The molecular weight excluding hydrogens is 373 g/mol. The monoisotopic (exact) mass is 395 g/mol. The van der Waals surface area contributed by atoms with E-state index < -0.39 is 11.7 Å². The number of benzene rings is 2. The average Bonchev–Trinajstić information content (AvgIpc) is 3.04. The lowest BCUT2D eigenvalue weighted by atomic mass is 10.2. The van der Waals surface area contributed by atoms with Crippen LogP contribution in [-0.4, -0.2) is 27.8 Å². The summed E-state index contributed by atoms with van der Waals surface area (Å²) in [6.45, 7) is 5.39. The zero-order chi connectivity index (χ0) is 21.0. The van der Waals surface area contributed by atoms with E-state index in [1.54, 1.807) is 49.4 Å². The number of hydrogen-bond donors (Lipinski definition) is 3. The number of amides is 3. The second kappa shape index (κ2) is 8.55. The quantitative estimate of drug-likeness (QED) is 0.608. The van der Waals surface area contributed by atoms with E-state index in [-0.39, 0.29) is 17.8 Å². The Labute approximate surface area is 167 Å². The van der Waals surface area contributed by atoms with Crippen molar-refractivity contribution in [1.29, 1.82) is 0 Å². The summed E-state index contributed by atoms with van der Waals surface area (Å²) in [4.78, 5) is 24.8. The van der Waals surface area contributed by atoms with Crippen LogP contribution < -0.4 is 16.0 Å². The van der Waals surface area contributed by atoms with Crippen molar-refractivity contribution < 1.29 is 14.0 Å².